The maximum Gasteiger partial charge on any atom is 0.178 e. The van der Waals surface area contributed by atoms with E-state index >= 15 is 0 Å². The van der Waals surface area contributed by atoms with Crippen molar-refractivity contribution in [3.63, 3.8) is 0 Å². The van der Waals surface area contributed by atoms with E-state index < -0.39 is 17.3 Å². The van der Waals surface area contributed by atoms with Crippen LogP contribution in [0.4, 0.5) is 8.78 Å². The highest BCUT2D eigenvalue weighted by atomic mass is 19.2. The number of rotatable bonds is 4. The van der Waals surface area contributed by atoms with Crippen LogP contribution < -0.4 is 5.84 Å². The van der Waals surface area contributed by atoms with E-state index in [0.717, 1.165) is 50.1 Å². The summed E-state index contributed by atoms with van der Waals surface area (Å²) >= 11 is 0. The number of hydrazone groups is 1. The van der Waals surface area contributed by atoms with Gasteiger partial charge in [-0.3, -0.25) is 4.79 Å². The molecule has 0 saturated heterocycles. The molecule has 0 spiro atoms. The molecule has 9 atom stereocenters. The highest BCUT2D eigenvalue weighted by molar-refractivity contribution is 6.00. The molecule has 5 aliphatic carbocycles. The van der Waals surface area contributed by atoms with Crippen LogP contribution in [0.1, 0.15) is 98.3 Å². The van der Waals surface area contributed by atoms with E-state index in [4.69, 9.17) is 5.84 Å². The fourth-order valence-electron chi connectivity index (χ4n) is 9.49. The minimum atomic E-state index is -0.920. The van der Waals surface area contributed by atoms with Crippen molar-refractivity contribution in [3.05, 3.63) is 11.7 Å². The smallest absolute Gasteiger partial charge is 0.178 e. The molecule has 5 rings (SSSR count). The minimum absolute atomic E-state index is 0.0153. The molecule has 0 amide bonds. The number of hydrogen-bond acceptors (Lipinski definition) is 5. The first-order valence-corrected chi connectivity index (χ1v) is 14.3. The SMILES string of the molecule is CC1CCC(F)=C(F)/C1=N/N(N)CC(=O)[C@H]1CC[C@H]2C3CC[C@@H]4C[C@](C)(O)CC[C@]4(C)[C@H]3CC[C@]12C. The number of hydrogen-bond donors (Lipinski definition) is 2. The van der Waals surface area contributed by atoms with Crippen molar-refractivity contribution < 1.29 is 18.7 Å². The molecule has 0 heterocycles. The van der Waals surface area contributed by atoms with Crippen LogP contribution in [0.5, 0.6) is 0 Å². The Kier molecular flexibility index (Phi) is 6.67. The van der Waals surface area contributed by atoms with Gasteiger partial charge in [0.15, 0.2) is 11.6 Å². The van der Waals surface area contributed by atoms with E-state index in [9.17, 15) is 18.7 Å². The summed E-state index contributed by atoms with van der Waals surface area (Å²) in [4.78, 5) is 13.5. The van der Waals surface area contributed by atoms with Crippen molar-refractivity contribution in [1.82, 2.24) is 5.12 Å². The van der Waals surface area contributed by atoms with E-state index in [1.54, 1.807) is 0 Å². The lowest BCUT2D eigenvalue weighted by Gasteiger charge is -2.61. The standard InChI is InChI=1S/C29H45F2N3O2/c1-17-5-10-23(30)25(31)26(17)33-34(32)16-24(35)22-9-8-20-19-7-6-18-15-27(2,36)13-14-28(18,3)21(19)11-12-29(20,22)4/h17-22,36H,5-16,32H2,1-4H3/b33-26+/t17?,18-,19?,20+,21+,22-,27-,28+,29+/m1/s1. The van der Waals surface area contributed by atoms with Gasteiger partial charge in [-0.25, -0.2) is 19.7 Å². The molecule has 0 aliphatic heterocycles. The van der Waals surface area contributed by atoms with Crippen molar-refractivity contribution in [2.45, 2.75) is 104 Å². The number of Topliss-reactive ketones (excluding diaryl/α,β-unsaturated/α-hetero) is 1. The molecule has 4 saturated carbocycles. The van der Waals surface area contributed by atoms with Crippen molar-refractivity contribution in [2.75, 3.05) is 6.54 Å². The van der Waals surface area contributed by atoms with Crippen LogP contribution in [0.2, 0.25) is 0 Å². The van der Waals surface area contributed by atoms with Gasteiger partial charge in [0.05, 0.1) is 5.60 Å². The van der Waals surface area contributed by atoms with Gasteiger partial charge in [-0.1, -0.05) is 20.8 Å². The van der Waals surface area contributed by atoms with E-state index in [1.807, 2.05) is 13.8 Å². The number of halogens is 2. The largest absolute Gasteiger partial charge is 0.390 e. The number of aliphatic hydroxyl groups is 1. The lowest BCUT2D eigenvalue weighted by molar-refractivity contribution is -0.151. The fourth-order valence-corrected chi connectivity index (χ4v) is 9.49. The number of carbonyl (C=O) groups is 1. The summed E-state index contributed by atoms with van der Waals surface area (Å²) < 4.78 is 28.1. The van der Waals surface area contributed by atoms with Gasteiger partial charge in [0.2, 0.25) is 0 Å². The lowest BCUT2D eigenvalue weighted by Crippen LogP contribution is -2.56. The third kappa shape index (κ3) is 4.26. The molecule has 0 radical (unpaired) electrons. The molecule has 2 unspecified atom stereocenters. The number of nitrogens with two attached hydrogens (primary N) is 1. The van der Waals surface area contributed by atoms with Gasteiger partial charge in [0.1, 0.15) is 18.1 Å². The Balaban J connectivity index is 1.29. The molecule has 7 heteroatoms. The van der Waals surface area contributed by atoms with Gasteiger partial charge >= 0.3 is 0 Å². The van der Waals surface area contributed by atoms with Gasteiger partial charge in [-0.2, -0.15) is 5.10 Å². The Hall–Kier alpha value is -1.34. The first kappa shape index (κ1) is 26.3. The van der Waals surface area contributed by atoms with Crippen molar-refractivity contribution >= 4 is 11.5 Å². The van der Waals surface area contributed by atoms with E-state index in [2.05, 4.69) is 18.9 Å². The Morgan fingerprint density at radius 1 is 1.03 bits per heavy atom. The molecular weight excluding hydrogens is 460 g/mol. The van der Waals surface area contributed by atoms with Crippen molar-refractivity contribution in [2.24, 2.45) is 57.3 Å². The Morgan fingerprint density at radius 2 is 1.75 bits per heavy atom. The Bertz CT molecular complexity index is 964. The summed E-state index contributed by atoms with van der Waals surface area (Å²) in [6.07, 6.45) is 10.0. The van der Waals surface area contributed by atoms with Gasteiger partial charge in [-0.15, -0.1) is 0 Å². The summed E-state index contributed by atoms with van der Waals surface area (Å²) in [5.41, 5.74) is -0.253. The highest BCUT2D eigenvalue weighted by Crippen LogP contribution is 2.68. The average Bonchev–Trinajstić information content (AvgIpc) is 3.17. The van der Waals surface area contributed by atoms with Gasteiger partial charge in [-0.05, 0) is 106 Å². The maximum absolute atomic E-state index is 14.3. The van der Waals surface area contributed by atoms with Crippen LogP contribution in [-0.4, -0.2) is 33.9 Å². The highest BCUT2D eigenvalue weighted by Gasteiger charge is 2.61. The quantitative estimate of drug-likeness (QED) is 0.359. The zero-order valence-corrected chi connectivity index (χ0v) is 22.5. The van der Waals surface area contributed by atoms with Crippen LogP contribution in [0.3, 0.4) is 0 Å². The number of fused-ring (bicyclic) bond motifs is 5. The third-order valence-corrected chi connectivity index (χ3v) is 11.6. The molecule has 4 fully saturated rings. The van der Waals surface area contributed by atoms with Gasteiger partial charge in [0, 0.05) is 18.3 Å². The zero-order chi connectivity index (χ0) is 26.0. The average molecular weight is 506 g/mol. The summed E-state index contributed by atoms with van der Waals surface area (Å²) in [5, 5.41) is 15.9. The molecule has 5 aliphatic rings. The number of nitrogens with zero attached hydrogens (tertiary/aromatic N) is 2. The molecule has 0 bridgehead atoms. The van der Waals surface area contributed by atoms with Gasteiger partial charge < -0.3 is 5.11 Å². The van der Waals surface area contributed by atoms with Crippen LogP contribution >= 0.6 is 0 Å². The molecule has 202 valence electrons. The number of ketones is 1. The predicted molar refractivity (Wildman–Crippen MR) is 137 cm³/mol. The van der Waals surface area contributed by atoms with Crippen molar-refractivity contribution in [3.8, 4) is 0 Å². The Labute approximate surface area is 214 Å². The minimum Gasteiger partial charge on any atom is -0.390 e. The second kappa shape index (κ2) is 9.14. The second-order valence-electron chi connectivity index (χ2n) is 13.7. The van der Waals surface area contributed by atoms with Crippen LogP contribution in [0.25, 0.3) is 0 Å². The second-order valence-corrected chi connectivity index (χ2v) is 13.7. The molecule has 5 nitrogen and oxygen atoms in total. The lowest BCUT2D eigenvalue weighted by atomic mass is 9.44. The molecule has 0 aromatic rings. The summed E-state index contributed by atoms with van der Waals surface area (Å²) in [7, 11) is 0. The summed E-state index contributed by atoms with van der Waals surface area (Å²) in [6.45, 7) is 8.55. The molecular formula is C29H45F2N3O2. The first-order valence-electron chi connectivity index (χ1n) is 14.3. The maximum atomic E-state index is 14.3. The first-order chi connectivity index (χ1) is 16.9. The molecule has 0 aromatic carbocycles. The van der Waals surface area contributed by atoms with E-state index in [1.165, 1.54) is 12.8 Å². The van der Waals surface area contributed by atoms with Gasteiger partial charge in [0.25, 0.3) is 0 Å². The summed E-state index contributed by atoms with van der Waals surface area (Å²) in [5.74, 6) is 6.61. The normalized spacial score (nSPS) is 47.8. The molecule has 36 heavy (non-hydrogen) atoms. The van der Waals surface area contributed by atoms with Crippen molar-refractivity contribution in [1.29, 1.82) is 0 Å². The third-order valence-electron chi connectivity index (χ3n) is 11.6. The topological polar surface area (TPSA) is 78.9 Å². The predicted octanol–water partition coefficient (Wildman–Crippen LogP) is 6.08. The van der Waals surface area contributed by atoms with Crippen LogP contribution in [0.15, 0.2) is 16.8 Å². The Morgan fingerprint density at radius 3 is 2.50 bits per heavy atom. The van der Waals surface area contributed by atoms with Crippen LogP contribution in [-0.2, 0) is 4.79 Å². The van der Waals surface area contributed by atoms with Crippen LogP contribution in [0, 0.1) is 46.3 Å². The fraction of sp³-hybridized carbons (Fsp3) is 0.862. The summed E-state index contributed by atoms with van der Waals surface area (Å²) in [6, 6.07) is 0. The molecule has 3 N–H and O–H groups in total. The number of hydrazine groups is 1. The van der Waals surface area contributed by atoms with E-state index in [0.29, 0.717) is 35.5 Å². The van der Waals surface area contributed by atoms with E-state index in [-0.39, 0.29) is 41.7 Å². The number of carbonyl (C=O) groups excluding carboxylic acids is 1. The molecule has 0 aromatic heterocycles. The zero-order valence-electron chi connectivity index (χ0n) is 22.5. The number of allylic oxidation sites excluding steroid dienone is 2. The monoisotopic (exact) mass is 505 g/mol.